The van der Waals surface area contributed by atoms with Crippen molar-refractivity contribution in [3.8, 4) is 0 Å². The molecule has 228 valence electrons. The first kappa shape index (κ1) is 31.2. The van der Waals surface area contributed by atoms with Crippen LogP contribution in [-0.2, 0) is 23.1 Å². The van der Waals surface area contributed by atoms with Gasteiger partial charge in [-0.05, 0) is 27.7 Å². The van der Waals surface area contributed by atoms with Crippen LogP contribution in [-0.4, -0.2) is 93.3 Å². The van der Waals surface area contributed by atoms with Gasteiger partial charge in [-0.25, -0.2) is 14.2 Å². The number of phosphoric ester groups is 1. The van der Waals surface area contributed by atoms with Crippen molar-refractivity contribution in [3.05, 3.63) is 65.2 Å². The Hall–Kier alpha value is -2.77. The van der Waals surface area contributed by atoms with Crippen LogP contribution in [0.4, 0.5) is 0 Å². The Morgan fingerprint density at radius 2 is 1.39 bits per heavy atom. The molecule has 2 aromatic heterocycles. The number of hydrogen-bond donors (Lipinski definition) is 7. The van der Waals surface area contributed by atoms with Crippen LogP contribution in [0.5, 0.6) is 0 Å². The predicted octanol–water partition coefficient (Wildman–Crippen LogP) is -3.14. The zero-order valence-corrected chi connectivity index (χ0v) is 23.2. The molecule has 4 heterocycles. The van der Waals surface area contributed by atoms with Crippen LogP contribution in [0.15, 0.2) is 31.6 Å². The van der Waals surface area contributed by atoms with Gasteiger partial charge in [-0.1, -0.05) is 0 Å². The fourth-order valence-corrected chi connectivity index (χ4v) is 5.82. The standard InChI is InChI=1S/C22H31N4O14P/c1-9-5-25(19(31)23-15(9)29)17-21(3,33)13(28)12(39-17)8-37-41(35,36)40-14-11(7-27)38-18(22(14,4)34)26-6-10(2)16(30)24-20(26)32/h5-6,11-14,17-18,27-28,33-34H,7-8H2,1-4H3,(H,35,36)(H,23,29,31)(H,24,30,32)/t11-,12-,13-,14-,17-,18-,21-,22-/m1/s1. The summed E-state index contributed by atoms with van der Waals surface area (Å²) in [4.78, 5) is 62.6. The monoisotopic (exact) mass is 606 g/mol. The number of aliphatic hydroxyl groups is 4. The van der Waals surface area contributed by atoms with Gasteiger partial charge in [0.05, 0.1) is 13.2 Å². The van der Waals surface area contributed by atoms with Crippen LogP contribution in [0, 0.1) is 13.8 Å². The highest BCUT2D eigenvalue weighted by atomic mass is 31.2. The Balaban J connectivity index is 1.51. The van der Waals surface area contributed by atoms with E-state index in [2.05, 4.69) is 0 Å². The largest absolute Gasteiger partial charge is 0.472 e. The normalized spacial score (nSPS) is 35.0. The number of aliphatic hydroxyl groups excluding tert-OH is 2. The lowest BCUT2D eigenvalue weighted by atomic mass is 9.96. The number of rotatable bonds is 8. The minimum Gasteiger partial charge on any atom is -0.394 e. The number of H-pyrrole nitrogens is 2. The summed E-state index contributed by atoms with van der Waals surface area (Å²) in [6, 6.07) is 0. The average Bonchev–Trinajstić information content (AvgIpc) is 3.25. The number of aromatic nitrogens is 4. The molecule has 1 unspecified atom stereocenters. The quantitative estimate of drug-likeness (QED) is 0.146. The molecule has 0 bridgehead atoms. The van der Waals surface area contributed by atoms with Gasteiger partial charge in [0.15, 0.2) is 12.5 Å². The molecule has 0 aliphatic carbocycles. The predicted molar refractivity (Wildman–Crippen MR) is 135 cm³/mol. The van der Waals surface area contributed by atoms with Crippen molar-refractivity contribution in [2.75, 3.05) is 13.2 Å². The van der Waals surface area contributed by atoms with Gasteiger partial charge in [0.1, 0.15) is 35.6 Å². The van der Waals surface area contributed by atoms with Crippen LogP contribution in [0.3, 0.4) is 0 Å². The maximum Gasteiger partial charge on any atom is 0.472 e. The van der Waals surface area contributed by atoms with Gasteiger partial charge in [0, 0.05) is 23.5 Å². The van der Waals surface area contributed by atoms with E-state index in [4.69, 9.17) is 18.5 Å². The molecule has 2 fully saturated rings. The molecule has 0 aromatic carbocycles. The molecule has 2 aromatic rings. The summed E-state index contributed by atoms with van der Waals surface area (Å²) in [5, 5.41) is 42.4. The first-order valence-electron chi connectivity index (χ1n) is 12.2. The van der Waals surface area contributed by atoms with Crippen molar-refractivity contribution >= 4 is 7.82 Å². The topological polar surface area (TPSA) is 265 Å². The zero-order chi connectivity index (χ0) is 30.7. The van der Waals surface area contributed by atoms with Crippen molar-refractivity contribution in [2.45, 2.75) is 75.8 Å². The minimum absolute atomic E-state index is 0.0914. The van der Waals surface area contributed by atoms with Crippen molar-refractivity contribution in [3.63, 3.8) is 0 Å². The van der Waals surface area contributed by atoms with Gasteiger partial charge in [-0.2, -0.15) is 0 Å². The Kier molecular flexibility index (Phi) is 8.22. The number of aromatic amines is 2. The fraction of sp³-hybridized carbons (Fsp3) is 0.636. The molecular formula is C22H31N4O14P. The molecule has 4 rings (SSSR count). The maximum absolute atomic E-state index is 12.9. The number of aryl methyl sites for hydroxylation is 2. The van der Waals surface area contributed by atoms with Crippen LogP contribution in [0.25, 0.3) is 0 Å². The Labute approximate surface area is 230 Å². The second kappa shape index (κ2) is 10.8. The van der Waals surface area contributed by atoms with Gasteiger partial charge in [-0.15, -0.1) is 0 Å². The highest BCUT2D eigenvalue weighted by Crippen LogP contribution is 2.52. The summed E-state index contributed by atoms with van der Waals surface area (Å²) in [5.41, 5.74) is -7.41. The van der Waals surface area contributed by atoms with Crippen LogP contribution in [0.1, 0.15) is 37.4 Å². The smallest absolute Gasteiger partial charge is 0.394 e. The Morgan fingerprint density at radius 3 is 1.88 bits per heavy atom. The second-order valence-corrected chi connectivity index (χ2v) is 11.8. The molecule has 0 radical (unpaired) electrons. The van der Waals surface area contributed by atoms with E-state index in [-0.39, 0.29) is 11.1 Å². The van der Waals surface area contributed by atoms with E-state index in [1.807, 2.05) is 9.97 Å². The van der Waals surface area contributed by atoms with Gasteiger partial charge in [0.2, 0.25) is 0 Å². The summed E-state index contributed by atoms with van der Waals surface area (Å²) in [6.07, 6.45) is -7.32. The third-order valence-electron chi connectivity index (χ3n) is 7.10. The number of phosphoric acid groups is 1. The lowest BCUT2D eigenvalue weighted by Crippen LogP contribution is -2.48. The number of ether oxygens (including phenoxy) is 2. The molecule has 9 atom stereocenters. The molecular weight excluding hydrogens is 575 g/mol. The summed E-state index contributed by atoms with van der Waals surface area (Å²) in [6.45, 7) is 3.36. The molecule has 2 saturated heterocycles. The summed E-state index contributed by atoms with van der Waals surface area (Å²) in [5.74, 6) is 0. The van der Waals surface area contributed by atoms with E-state index < -0.39 is 91.6 Å². The average molecular weight is 606 g/mol. The van der Waals surface area contributed by atoms with E-state index >= 15 is 0 Å². The highest BCUT2D eigenvalue weighted by Gasteiger charge is 2.58. The number of hydrogen-bond acceptors (Lipinski definition) is 13. The van der Waals surface area contributed by atoms with Crippen molar-refractivity contribution in [1.29, 1.82) is 0 Å². The molecule has 0 saturated carbocycles. The minimum atomic E-state index is -5.14. The highest BCUT2D eigenvalue weighted by molar-refractivity contribution is 7.47. The summed E-state index contributed by atoms with van der Waals surface area (Å²) in [7, 11) is -5.14. The fourth-order valence-electron chi connectivity index (χ4n) is 4.79. The molecule has 19 heteroatoms. The van der Waals surface area contributed by atoms with Crippen molar-refractivity contribution < 1.29 is 48.4 Å². The van der Waals surface area contributed by atoms with E-state index in [1.165, 1.54) is 13.8 Å². The third-order valence-corrected chi connectivity index (χ3v) is 8.07. The summed E-state index contributed by atoms with van der Waals surface area (Å²) < 4.78 is 35.8. The molecule has 41 heavy (non-hydrogen) atoms. The van der Waals surface area contributed by atoms with Crippen LogP contribution >= 0.6 is 7.82 Å². The molecule has 7 N–H and O–H groups in total. The lowest BCUT2D eigenvalue weighted by molar-refractivity contribution is -0.101. The van der Waals surface area contributed by atoms with Crippen LogP contribution in [0.2, 0.25) is 0 Å². The summed E-state index contributed by atoms with van der Waals surface area (Å²) >= 11 is 0. The molecule has 0 spiro atoms. The van der Waals surface area contributed by atoms with Gasteiger partial charge >= 0.3 is 19.2 Å². The molecule has 2 aliphatic heterocycles. The van der Waals surface area contributed by atoms with E-state index in [1.54, 1.807) is 0 Å². The first-order chi connectivity index (χ1) is 18.9. The van der Waals surface area contributed by atoms with Crippen molar-refractivity contribution in [1.82, 2.24) is 19.1 Å². The van der Waals surface area contributed by atoms with Crippen LogP contribution < -0.4 is 22.5 Å². The lowest BCUT2D eigenvalue weighted by Gasteiger charge is -2.31. The van der Waals surface area contributed by atoms with Gasteiger partial charge < -0.3 is 34.8 Å². The third kappa shape index (κ3) is 5.68. The number of nitrogens with one attached hydrogen (secondary N) is 2. The second-order valence-electron chi connectivity index (χ2n) is 10.4. The molecule has 2 aliphatic rings. The zero-order valence-electron chi connectivity index (χ0n) is 22.3. The Morgan fingerprint density at radius 1 is 0.927 bits per heavy atom. The molecule has 18 nitrogen and oxygen atoms in total. The van der Waals surface area contributed by atoms with Gasteiger partial charge in [0.25, 0.3) is 11.1 Å². The SMILES string of the molecule is Cc1cn([C@@H]2O[C@H](COP(=O)(O)O[C@@H]3[C@@H](CO)O[C@@H](n4cc(C)c(=O)[nH]c4=O)[C@]3(C)O)[C@@H](O)[C@@]2(C)O)c(=O)[nH]c1=O. The van der Waals surface area contributed by atoms with E-state index in [0.717, 1.165) is 35.4 Å². The first-order valence-corrected chi connectivity index (χ1v) is 13.7. The van der Waals surface area contributed by atoms with Crippen molar-refractivity contribution in [2.24, 2.45) is 0 Å². The van der Waals surface area contributed by atoms with Gasteiger partial charge in [-0.3, -0.25) is 37.7 Å². The maximum atomic E-state index is 12.9. The Bertz CT molecular complexity index is 1590. The van der Waals surface area contributed by atoms with E-state index in [0.29, 0.717) is 0 Å². The molecule has 0 amide bonds. The number of nitrogens with zero attached hydrogens (tertiary/aromatic N) is 2. The van der Waals surface area contributed by atoms with E-state index in [9.17, 15) is 49.1 Å².